The fourth-order valence-corrected chi connectivity index (χ4v) is 7.45. The van der Waals surface area contributed by atoms with Crippen LogP contribution >= 0.6 is 33.9 Å². The van der Waals surface area contributed by atoms with E-state index in [4.69, 9.17) is 9.47 Å². The van der Waals surface area contributed by atoms with Crippen molar-refractivity contribution < 1.29 is 37.3 Å². The molecule has 5 rings (SSSR count). The van der Waals surface area contributed by atoms with Crippen LogP contribution in [0, 0.1) is 23.2 Å². The minimum Gasteiger partial charge on any atom is -0.477 e. The molecule has 39 heavy (non-hydrogen) atoms. The number of anilines is 1. The van der Waals surface area contributed by atoms with Gasteiger partial charge in [-0.2, -0.15) is 13.2 Å². The van der Waals surface area contributed by atoms with Crippen molar-refractivity contribution in [2.75, 3.05) is 18.1 Å². The van der Waals surface area contributed by atoms with Crippen LogP contribution in [0.2, 0.25) is 0 Å². The topological polar surface area (TPSA) is 76.1 Å². The molecule has 6 nitrogen and oxygen atoms in total. The smallest absolute Gasteiger partial charge is 0.405 e. The Kier molecular flexibility index (Phi) is 8.86. The van der Waals surface area contributed by atoms with Gasteiger partial charge in [-0.15, -0.1) is 11.3 Å². The lowest BCUT2D eigenvalue weighted by Gasteiger charge is -2.39. The highest BCUT2D eigenvalue weighted by molar-refractivity contribution is 14.1. The highest BCUT2D eigenvalue weighted by Gasteiger charge is 2.62. The summed E-state index contributed by atoms with van der Waals surface area (Å²) in [6.07, 6.45) is 2.71. The summed E-state index contributed by atoms with van der Waals surface area (Å²) in [5.41, 5.74) is -1.74. The SMILES string of the molecule is O=C(O)c1sc(C#CC2(C(F)(F)F)CC2)cc1N(C(=O)C1CCC(I)CC1)C1CCC(OC2CCOC2)CC1. The Balaban J connectivity index is 1.41. The molecular formula is C28H33F3INO5S. The van der Waals surface area contributed by atoms with Gasteiger partial charge in [0.25, 0.3) is 0 Å². The van der Waals surface area contributed by atoms with Crippen molar-refractivity contribution in [2.24, 2.45) is 11.3 Å². The number of carbonyl (C=O) groups is 2. The minimum absolute atomic E-state index is 0.0457. The lowest BCUT2D eigenvalue weighted by atomic mass is 9.86. The number of alkyl halides is 4. The number of carboxylic acid groups (broad SMARTS) is 1. The number of hydrogen-bond acceptors (Lipinski definition) is 5. The molecule has 4 fully saturated rings. The van der Waals surface area contributed by atoms with Crippen molar-refractivity contribution in [3.63, 3.8) is 0 Å². The summed E-state index contributed by atoms with van der Waals surface area (Å²) in [4.78, 5) is 28.2. The van der Waals surface area contributed by atoms with Crippen LogP contribution in [0.15, 0.2) is 6.07 Å². The van der Waals surface area contributed by atoms with E-state index in [0.717, 1.165) is 56.3 Å². The molecule has 3 aliphatic carbocycles. The van der Waals surface area contributed by atoms with Gasteiger partial charge in [-0.25, -0.2) is 4.79 Å². The Morgan fingerprint density at radius 2 is 1.77 bits per heavy atom. The molecule has 4 aliphatic rings. The molecule has 2 heterocycles. The molecule has 0 aromatic carbocycles. The molecule has 0 bridgehead atoms. The zero-order chi connectivity index (χ0) is 27.8. The van der Waals surface area contributed by atoms with Crippen molar-refractivity contribution in [1.29, 1.82) is 0 Å². The van der Waals surface area contributed by atoms with Crippen LogP contribution in [0.25, 0.3) is 0 Å². The summed E-state index contributed by atoms with van der Waals surface area (Å²) in [5.74, 6) is 3.50. The summed E-state index contributed by atoms with van der Waals surface area (Å²) in [6, 6.07) is 1.32. The first-order valence-corrected chi connectivity index (χ1v) is 15.8. The molecule has 1 aromatic rings. The molecule has 214 valence electrons. The van der Waals surface area contributed by atoms with E-state index >= 15 is 0 Å². The molecular weight excluding hydrogens is 646 g/mol. The summed E-state index contributed by atoms with van der Waals surface area (Å²) >= 11 is 3.26. The highest BCUT2D eigenvalue weighted by Crippen LogP contribution is 2.57. The van der Waals surface area contributed by atoms with Crippen molar-refractivity contribution in [1.82, 2.24) is 0 Å². The number of hydrogen-bond donors (Lipinski definition) is 1. The third-order valence-corrected chi connectivity index (χ3v) is 10.7. The van der Waals surface area contributed by atoms with Gasteiger partial charge in [0, 0.05) is 22.5 Å². The fraction of sp³-hybridized carbons (Fsp3) is 0.714. The van der Waals surface area contributed by atoms with Gasteiger partial charge in [-0.05, 0) is 76.7 Å². The standard InChI is InChI=1S/C28H33F3INO5S/c29-28(30,31)27(12-13-27)11-9-22-15-23(24(39-22)26(35)36)33(25(34)17-1-3-18(32)4-2-17)19-5-7-20(8-6-19)38-21-10-14-37-16-21/h15,17-21H,1-8,10,12-14,16H2,(H,35,36). The zero-order valence-corrected chi connectivity index (χ0v) is 24.6. The van der Waals surface area contributed by atoms with Gasteiger partial charge in [0.05, 0.1) is 29.4 Å². The molecule has 1 aliphatic heterocycles. The number of ether oxygens (including phenoxy) is 2. The van der Waals surface area contributed by atoms with E-state index in [1.807, 2.05) is 0 Å². The molecule has 1 aromatic heterocycles. The number of aromatic carboxylic acids is 1. The maximum Gasteiger partial charge on any atom is 0.405 e. The largest absolute Gasteiger partial charge is 0.477 e. The van der Waals surface area contributed by atoms with E-state index in [-0.39, 0.29) is 58.4 Å². The molecule has 3 saturated carbocycles. The number of nitrogens with zero attached hydrogens (tertiary/aromatic N) is 1. The zero-order valence-electron chi connectivity index (χ0n) is 21.6. The van der Waals surface area contributed by atoms with E-state index < -0.39 is 17.6 Å². The fourth-order valence-electron chi connectivity index (χ4n) is 5.88. The first-order chi connectivity index (χ1) is 18.6. The number of carboxylic acids is 1. The quantitative estimate of drug-likeness (QED) is 0.209. The molecule has 0 spiro atoms. The summed E-state index contributed by atoms with van der Waals surface area (Å²) in [6.45, 7) is 1.30. The Hall–Kier alpha value is -1.36. The van der Waals surface area contributed by atoms with Crippen molar-refractivity contribution in [3.8, 4) is 11.8 Å². The van der Waals surface area contributed by atoms with E-state index in [0.29, 0.717) is 30.0 Å². The number of amides is 1. The second-order valence-electron chi connectivity index (χ2n) is 11.2. The molecule has 1 unspecified atom stereocenters. The first kappa shape index (κ1) is 29.1. The predicted octanol–water partition coefficient (Wildman–Crippen LogP) is 6.58. The molecule has 1 atom stereocenters. The van der Waals surface area contributed by atoms with Crippen LogP contribution in [0.5, 0.6) is 0 Å². The van der Waals surface area contributed by atoms with Crippen molar-refractivity contribution in [2.45, 2.75) is 99.0 Å². The molecule has 1 amide bonds. The van der Waals surface area contributed by atoms with Crippen molar-refractivity contribution >= 4 is 51.5 Å². The molecule has 1 N–H and O–H groups in total. The van der Waals surface area contributed by atoms with E-state index in [1.54, 1.807) is 4.90 Å². The average molecular weight is 680 g/mol. The Labute approximate surface area is 244 Å². The number of rotatable bonds is 6. The number of halogens is 4. The maximum absolute atomic E-state index is 14.0. The Morgan fingerprint density at radius 3 is 2.33 bits per heavy atom. The lowest BCUT2D eigenvalue weighted by Crippen LogP contribution is -2.47. The second-order valence-corrected chi connectivity index (χ2v) is 14.0. The summed E-state index contributed by atoms with van der Waals surface area (Å²) in [7, 11) is 0. The first-order valence-electron chi connectivity index (χ1n) is 13.7. The van der Waals surface area contributed by atoms with Gasteiger partial charge < -0.3 is 19.5 Å². The van der Waals surface area contributed by atoms with Gasteiger partial charge >= 0.3 is 12.1 Å². The summed E-state index contributed by atoms with van der Waals surface area (Å²) in [5, 5.41) is 10.0. The van der Waals surface area contributed by atoms with Gasteiger partial charge in [0.1, 0.15) is 10.3 Å². The maximum atomic E-state index is 14.0. The monoisotopic (exact) mass is 679 g/mol. The second kappa shape index (κ2) is 11.9. The number of thiophene rings is 1. The van der Waals surface area contributed by atoms with Crippen LogP contribution in [0.4, 0.5) is 18.9 Å². The summed E-state index contributed by atoms with van der Waals surface area (Å²) < 4.78 is 52.4. The third-order valence-electron chi connectivity index (χ3n) is 8.41. The van der Waals surface area contributed by atoms with Crippen LogP contribution < -0.4 is 4.90 Å². The van der Waals surface area contributed by atoms with Gasteiger partial charge in [-0.3, -0.25) is 4.79 Å². The van der Waals surface area contributed by atoms with Crippen LogP contribution in [0.3, 0.4) is 0 Å². The Morgan fingerprint density at radius 1 is 1.08 bits per heavy atom. The van der Waals surface area contributed by atoms with Gasteiger partial charge in [0.15, 0.2) is 0 Å². The predicted molar refractivity (Wildman–Crippen MR) is 149 cm³/mol. The normalized spacial score (nSPS) is 30.3. The lowest BCUT2D eigenvalue weighted by molar-refractivity contribution is -0.168. The van der Waals surface area contributed by atoms with E-state index in [2.05, 4.69) is 34.4 Å². The number of carbonyl (C=O) groups excluding carboxylic acids is 1. The molecule has 11 heteroatoms. The van der Waals surface area contributed by atoms with Crippen LogP contribution in [0.1, 0.15) is 85.2 Å². The van der Waals surface area contributed by atoms with Crippen molar-refractivity contribution in [3.05, 3.63) is 15.8 Å². The van der Waals surface area contributed by atoms with Crippen LogP contribution in [-0.2, 0) is 14.3 Å². The molecule has 0 radical (unpaired) electrons. The van der Waals surface area contributed by atoms with Crippen LogP contribution in [-0.4, -0.2) is 58.5 Å². The van der Waals surface area contributed by atoms with Gasteiger partial charge in [-0.1, -0.05) is 34.4 Å². The highest BCUT2D eigenvalue weighted by atomic mass is 127. The Bertz CT molecular complexity index is 1120. The average Bonchev–Trinajstić information content (AvgIpc) is 3.33. The van der Waals surface area contributed by atoms with Gasteiger partial charge in [0.2, 0.25) is 5.91 Å². The molecule has 1 saturated heterocycles. The van der Waals surface area contributed by atoms with E-state index in [1.165, 1.54) is 6.07 Å². The minimum atomic E-state index is -4.42. The third kappa shape index (κ3) is 6.60. The van der Waals surface area contributed by atoms with E-state index in [9.17, 15) is 27.9 Å².